The van der Waals surface area contributed by atoms with Crippen LogP contribution in [0.2, 0.25) is 0 Å². The molecule has 0 N–H and O–H groups in total. The second-order valence-electron chi connectivity index (χ2n) is 12.5. The van der Waals surface area contributed by atoms with Crippen molar-refractivity contribution in [3.63, 3.8) is 0 Å². The number of nitrogens with zero attached hydrogens (tertiary/aromatic N) is 4. The summed E-state index contributed by atoms with van der Waals surface area (Å²) in [5.41, 5.74) is 12.6. The van der Waals surface area contributed by atoms with E-state index in [1.165, 1.54) is 98.4 Å². The number of hydrogen-bond acceptors (Lipinski definition) is 0. The van der Waals surface area contributed by atoms with Gasteiger partial charge in [0.1, 0.15) is 0 Å². The Hall–Kier alpha value is -5.48. The predicted molar refractivity (Wildman–Crippen MR) is 188 cm³/mol. The molecule has 0 saturated carbocycles. The predicted octanol–water partition coefficient (Wildman–Crippen LogP) is 9.93. The van der Waals surface area contributed by atoms with Crippen LogP contribution < -0.4 is 0 Å². The van der Waals surface area contributed by atoms with E-state index >= 15 is 0 Å². The summed E-state index contributed by atoms with van der Waals surface area (Å²) in [4.78, 5) is 0. The first-order chi connectivity index (χ1) is 21.5. The fraction of sp³-hybridized carbons (Fsp3) is 0.100. The minimum atomic E-state index is 1.24. The van der Waals surface area contributed by atoms with Crippen LogP contribution in [0.3, 0.4) is 0 Å². The second-order valence-corrected chi connectivity index (χ2v) is 12.5. The van der Waals surface area contributed by atoms with Gasteiger partial charge in [-0.25, -0.2) is 0 Å². The van der Waals surface area contributed by atoms with Gasteiger partial charge < -0.3 is 18.3 Å². The summed E-state index contributed by atoms with van der Waals surface area (Å²) in [5, 5.41) is 10.4. The molecule has 0 aliphatic heterocycles. The van der Waals surface area contributed by atoms with Crippen molar-refractivity contribution >= 4 is 87.2 Å². The average Bonchev–Trinajstić information content (AvgIpc) is 3.71. The van der Waals surface area contributed by atoms with Crippen LogP contribution in [0, 0.1) is 0 Å². The lowest BCUT2D eigenvalue weighted by Crippen LogP contribution is -1.89. The van der Waals surface area contributed by atoms with E-state index in [-0.39, 0.29) is 0 Å². The standard InChI is InChI=1S/C40H30N4/c1-41-33-11-7-5-9-25(33)29-19-39-31(21-37(29)41)27-15-13-23(17-35(27)43(39)3)24-14-16-28-32-22-38-30(20-40(32)44(4)36(28)18-24)26-10-6-8-12-34(26)42(38)2/h5-22H,1-4H3. The molecule has 0 aliphatic carbocycles. The van der Waals surface area contributed by atoms with Crippen molar-refractivity contribution in [2.24, 2.45) is 28.2 Å². The molecule has 0 amide bonds. The fourth-order valence-electron chi connectivity index (χ4n) is 8.07. The van der Waals surface area contributed by atoms with Crippen LogP contribution in [0.25, 0.3) is 98.4 Å². The Balaban J connectivity index is 1.17. The monoisotopic (exact) mass is 566 g/mol. The van der Waals surface area contributed by atoms with E-state index in [0.717, 1.165) is 0 Å². The molecule has 10 rings (SSSR count). The van der Waals surface area contributed by atoms with Gasteiger partial charge in [-0.3, -0.25) is 0 Å². The summed E-state index contributed by atoms with van der Waals surface area (Å²) in [6, 6.07) is 40.8. The first-order valence-electron chi connectivity index (χ1n) is 15.3. The van der Waals surface area contributed by atoms with Crippen molar-refractivity contribution in [2.75, 3.05) is 0 Å². The molecule has 0 atom stereocenters. The third-order valence-corrected chi connectivity index (χ3v) is 10.4. The SMILES string of the molecule is Cn1c2ccccc2c2cc3c(cc21)c1ccc(-c2ccc4c5cc6c(cc5n(C)c4c2)c2ccccc2n6C)cc1n3C. The first kappa shape index (κ1) is 24.0. The highest BCUT2D eigenvalue weighted by Gasteiger charge is 2.17. The number of aromatic nitrogens is 4. The van der Waals surface area contributed by atoms with Gasteiger partial charge in [0.05, 0.1) is 0 Å². The second kappa shape index (κ2) is 8.12. The van der Waals surface area contributed by atoms with Gasteiger partial charge in [-0.2, -0.15) is 0 Å². The van der Waals surface area contributed by atoms with E-state index in [1.807, 2.05) is 0 Å². The molecule has 0 bridgehead atoms. The van der Waals surface area contributed by atoms with Gasteiger partial charge in [-0.05, 0) is 59.7 Å². The Labute approximate surface area is 253 Å². The zero-order valence-electron chi connectivity index (χ0n) is 25.2. The van der Waals surface area contributed by atoms with Crippen LogP contribution in [0.1, 0.15) is 0 Å². The van der Waals surface area contributed by atoms with Crippen molar-refractivity contribution in [3.05, 3.63) is 109 Å². The summed E-state index contributed by atoms with van der Waals surface area (Å²) < 4.78 is 9.37. The van der Waals surface area contributed by atoms with Gasteiger partial charge in [0.2, 0.25) is 0 Å². The topological polar surface area (TPSA) is 19.7 Å². The normalized spacial score (nSPS) is 12.5. The largest absolute Gasteiger partial charge is 0.344 e. The molecular formula is C40H30N4. The highest BCUT2D eigenvalue weighted by Crippen LogP contribution is 2.40. The van der Waals surface area contributed by atoms with Crippen LogP contribution in [-0.4, -0.2) is 18.3 Å². The van der Waals surface area contributed by atoms with Crippen molar-refractivity contribution < 1.29 is 0 Å². The minimum absolute atomic E-state index is 1.24. The molecule has 0 radical (unpaired) electrons. The van der Waals surface area contributed by atoms with Gasteiger partial charge >= 0.3 is 0 Å². The van der Waals surface area contributed by atoms with Crippen LogP contribution in [0.5, 0.6) is 0 Å². The lowest BCUT2D eigenvalue weighted by atomic mass is 10.0. The van der Waals surface area contributed by atoms with E-state index < -0.39 is 0 Å². The molecule has 210 valence electrons. The maximum atomic E-state index is 2.38. The molecule has 4 nitrogen and oxygen atoms in total. The first-order valence-corrected chi connectivity index (χ1v) is 15.3. The summed E-state index contributed by atoms with van der Waals surface area (Å²) >= 11 is 0. The molecular weight excluding hydrogens is 536 g/mol. The van der Waals surface area contributed by atoms with Gasteiger partial charge in [0.25, 0.3) is 0 Å². The molecule has 44 heavy (non-hydrogen) atoms. The molecule has 0 saturated heterocycles. The number of aryl methyl sites for hydroxylation is 4. The van der Waals surface area contributed by atoms with Crippen molar-refractivity contribution in [3.8, 4) is 11.1 Å². The Bertz CT molecular complexity index is 2670. The number of rotatable bonds is 1. The molecule has 4 aromatic heterocycles. The molecule has 0 aliphatic rings. The van der Waals surface area contributed by atoms with E-state index in [9.17, 15) is 0 Å². The Morgan fingerprint density at radius 3 is 0.955 bits per heavy atom. The van der Waals surface area contributed by atoms with Crippen LogP contribution in [0.4, 0.5) is 0 Å². The molecule has 10 aromatic rings. The summed E-state index contributed by atoms with van der Waals surface area (Å²) in [6.07, 6.45) is 0. The zero-order chi connectivity index (χ0) is 29.4. The molecule has 0 fully saturated rings. The number of benzene rings is 6. The minimum Gasteiger partial charge on any atom is -0.344 e. The van der Waals surface area contributed by atoms with Crippen LogP contribution in [0.15, 0.2) is 109 Å². The molecule has 0 unspecified atom stereocenters. The number of para-hydroxylation sites is 2. The third-order valence-electron chi connectivity index (χ3n) is 10.4. The van der Waals surface area contributed by atoms with Gasteiger partial charge in [-0.15, -0.1) is 0 Å². The lowest BCUT2D eigenvalue weighted by Gasteiger charge is -2.06. The van der Waals surface area contributed by atoms with E-state index in [4.69, 9.17) is 0 Å². The smallest absolute Gasteiger partial charge is 0.0496 e. The summed E-state index contributed by atoms with van der Waals surface area (Å²) in [6.45, 7) is 0. The Kier molecular flexibility index (Phi) is 4.43. The van der Waals surface area contributed by atoms with E-state index in [0.29, 0.717) is 0 Å². The number of fused-ring (bicyclic) bond motifs is 12. The quantitative estimate of drug-likeness (QED) is 0.188. The lowest BCUT2D eigenvalue weighted by molar-refractivity contribution is 1.01. The van der Waals surface area contributed by atoms with Gasteiger partial charge in [0, 0.05) is 115 Å². The molecule has 4 heterocycles. The Morgan fingerprint density at radius 2 is 0.568 bits per heavy atom. The van der Waals surface area contributed by atoms with Crippen molar-refractivity contribution in [2.45, 2.75) is 0 Å². The number of hydrogen-bond donors (Lipinski definition) is 0. The van der Waals surface area contributed by atoms with Crippen LogP contribution >= 0.6 is 0 Å². The van der Waals surface area contributed by atoms with Crippen LogP contribution in [-0.2, 0) is 28.2 Å². The fourth-order valence-corrected chi connectivity index (χ4v) is 8.07. The van der Waals surface area contributed by atoms with E-state index in [1.54, 1.807) is 0 Å². The summed E-state index contributed by atoms with van der Waals surface area (Å²) in [7, 11) is 8.75. The maximum Gasteiger partial charge on any atom is 0.0496 e. The Morgan fingerprint density at radius 1 is 0.273 bits per heavy atom. The highest BCUT2D eigenvalue weighted by molar-refractivity contribution is 6.20. The van der Waals surface area contributed by atoms with E-state index in [2.05, 4.69) is 156 Å². The summed E-state index contributed by atoms with van der Waals surface area (Å²) in [5.74, 6) is 0. The highest BCUT2D eigenvalue weighted by atomic mass is 15.0. The maximum absolute atomic E-state index is 2.38. The zero-order valence-corrected chi connectivity index (χ0v) is 25.2. The van der Waals surface area contributed by atoms with Gasteiger partial charge in [0.15, 0.2) is 0 Å². The molecule has 4 heteroatoms. The average molecular weight is 567 g/mol. The van der Waals surface area contributed by atoms with Gasteiger partial charge in [-0.1, -0.05) is 60.7 Å². The van der Waals surface area contributed by atoms with Crippen molar-refractivity contribution in [1.82, 2.24) is 18.3 Å². The van der Waals surface area contributed by atoms with Crippen molar-refractivity contribution in [1.29, 1.82) is 0 Å². The molecule has 0 spiro atoms. The molecule has 6 aromatic carbocycles. The third kappa shape index (κ3) is 2.88.